The summed E-state index contributed by atoms with van der Waals surface area (Å²) in [6.45, 7) is 1.75. The fourth-order valence-electron chi connectivity index (χ4n) is 1.98. The van der Waals surface area contributed by atoms with Crippen LogP contribution in [0, 0.1) is 6.92 Å². The molecule has 2 heterocycles. The zero-order chi connectivity index (χ0) is 14.3. The molecule has 0 radical (unpaired) electrons. The SMILES string of the molecule is COc1ccc(N)c(-c2nc3nc(C)cc(=O)n3[nH]2)c1. The fourth-order valence-corrected chi connectivity index (χ4v) is 1.98. The number of nitrogens with two attached hydrogens (primary N) is 1. The van der Waals surface area contributed by atoms with E-state index in [0.29, 0.717) is 34.3 Å². The number of rotatable bonds is 2. The number of H-pyrrole nitrogens is 1. The number of nitrogens with zero attached hydrogens (tertiary/aromatic N) is 3. The van der Waals surface area contributed by atoms with E-state index in [4.69, 9.17) is 10.5 Å². The second kappa shape index (κ2) is 4.37. The maximum atomic E-state index is 11.8. The van der Waals surface area contributed by atoms with E-state index in [1.165, 1.54) is 10.6 Å². The average molecular weight is 271 g/mol. The summed E-state index contributed by atoms with van der Waals surface area (Å²) < 4.78 is 6.45. The lowest BCUT2D eigenvalue weighted by atomic mass is 10.1. The van der Waals surface area contributed by atoms with Gasteiger partial charge in [-0.05, 0) is 25.1 Å². The van der Waals surface area contributed by atoms with E-state index in [1.807, 2.05) is 0 Å². The van der Waals surface area contributed by atoms with Crippen LogP contribution in [0.1, 0.15) is 5.69 Å². The van der Waals surface area contributed by atoms with Gasteiger partial charge in [0.15, 0.2) is 5.82 Å². The molecule has 3 N–H and O–H groups in total. The zero-order valence-corrected chi connectivity index (χ0v) is 11.0. The summed E-state index contributed by atoms with van der Waals surface area (Å²) in [5.41, 5.74) is 7.54. The van der Waals surface area contributed by atoms with Gasteiger partial charge in [-0.1, -0.05) is 0 Å². The lowest BCUT2D eigenvalue weighted by Crippen LogP contribution is -2.14. The summed E-state index contributed by atoms with van der Waals surface area (Å²) in [7, 11) is 1.57. The molecule has 1 aromatic carbocycles. The topological polar surface area (TPSA) is 98.3 Å². The molecular formula is C13H13N5O2. The van der Waals surface area contributed by atoms with Gasteiger partial charge in [-0.3, -0.25) is 9.89 Å². The van der Waals surface area contributed by atoms with Crippen LogP contribution in [-0.2, 0) is 0 Å². The van der Waals surface area contributed by atoms with Crippen LogP contribution in [-0.4, -0.2) is 26.7 Å². The second-order valence-electron chi connectivity index (χ2n) is 4.40. The summed E-state index contributed by atoms with van der Waals surface area (Å²) in [5.74, 6) is 1.44. The fraction of sp³-hybridized carbons (Fsp3) is 0.154. The van der Waals surface area contributed by atoms with Crippen molar-refractivity contribution >= 4 is 11.5 Å². The van der Waals surface area contributed by atoms with Gasteiger partial charge in [0.2, 0.25) is 0 Å². The predicted octanol–water partition coefficient (Wildman–Crippen LogP) is 0.984. The highest BCUT2D eigenvalue weighted by molar-refractivity contribution is 5.73. The Balaban J connectivity index is 2.25. The van der Waals surface area contributed by atoms with Crippen molar-refractivity contribution < 1.29 is 4.74 Å². The van der Waals surface area contributed by atoms with Gasteiger partial charge in [0.25, 0.3) is 11.3 Å². The molecule has 0 aliphatic carbocycles. The average Bonchev–Trinajstić information content (AvgIpc) is 2.83. The molecule has 0 saturated carbocycles. The van der Waals surface area contributed by atoms with Gasteiger partial charge in [-0.15, -0.1) is 0 Å². The largest absolute Gasteiger partial charge is 0.497 e. The van der Waals surface area contributed by atoms with Crippen molar-refractivity contribution in [2.45, 2.75) is 6.92 Å². The van der Waals surface area contributed by atoms with Crippen molar-refractivity contribution in [1.82, 2.24) is 19.6 Å². The third kappa shape index (κ3) is 1.89. The summed E-state index contributed by atoms with van der Waals surface area (Å²) >= 11 is 0. The second-order valence-corrected chi connectivity index (χ2v) is 4.40. The molecule has 0 amide bonds. The van der Waals surface area contributed by atoms with Gasteiger partial charge in [0.05, 0.1) is 7.11 Å². The van der Waals surface area contributed by atoms with Crippen LogP contribution >= 0.6 is 0 Å². The maximum absolute atomic E-state index is 11.8. The number of benzene rings is 1. The van der Waals surface area contributed by atoms with E-state index in [-0.39, 0.29) is 5.56 Å². The summed E-state index contributed by atoms with van der Waals surface area (Å²) in [5, 5.41) is 2.89. The van der Waals surface area contributed by atoms with Crippen LogP contribution in [0.2, 0.25) is 0 Å². The first-order valence-corrected chi connectivity index (χ1v) is 5.99. The van der Waals surface area contributed by atoms with E-state index in [0.717, 1.165) is 0 Å². The Morgan fingerprint density at radius 3 is 2.85 bits per heavy atom. The Labute approximate surface area is 114 Å². The molecule has 7 heteroatoms. The molecule has 0 aliphatic heterocycles. The number of aromatic nitrogens is 4. The van der Waals surface area contributed by atoms with E-state index in [2.05, 4.69) is 15.1 Å². The van der Waals surface area contributed by atoms with E-state index in [9.17, 15) is 4.79 Å². The van der Waals surface area contributed by atoms with Crippen LogP contribution in [0.15, 0.2) is 29.1 Å². The minimum Gasteiger partial charge on any atom is -0.497 e. The number of hydrogen-bond donors (Lipinski definition) is 2. The Bertz CT molecular complexity index is 850. The lowest BCUT2D eigenvalue weighted by molar-refractivity contribution is 0.415. The van der Waals surface area contributed by atoms with Crippen molar-refractivity contribution in [3.63, 3.8) is 0 Å². The van der Waals surface area contributed by atoms with E-state index in [1.54, 1.807) is 32.2 Å². The van der Waals surface area contributed by atoms with Crippen LogP contribution < -0.4 is 16.0 Å². The van der Waals surface area contributed by atoms with Crippen LogP contribution in [0.3, 0.4) is 0 Å². The van der Waals surface area contributed by atoms with Gasteiger partial charge in [-0.25, -0.2) is 4.98 Å². The Morgan fingerprint density at radius 1 is 1.30 bits per heavy atom. The number of aromatic amines is 1. The molecule has 0 spiro atoms. The highest BCUT2D eigenvalue weighted by atomic mass is 16.5. The maximum Gasteiger partial charge on any atom is 0.274 e. The van der Waals surface area contributed by atoms with Gasteiger partial charge < -0.3 is 10.5 Å². The van der Waals surface area contributed by atoms with Crippen molar-refractivity contribution in [2.24, 2.45) is 0 Å². The van der Waals surface area contributed by atoms with Gasteiger partial charge >= 0.3 is 0 Å². The van der Waals surface area contributed by atoms with Crippen molar-refractivity contribution in [1.29, 1.82) is 0 Å². The van der Waals surface area contributed by atoms with Crippen LogP contribution in [0.5, 0.6) is 5.75 Å². The monoisotopic (exact) mass is 271 g/mol. The Kier molecular flexibility index (Phi) is 2.67. The first kappa shape index (κ1) is 12.2. The minimum atomic E-state index is -0.215. The predicted molar refractivity (Wildman–Crippen MR) is 74.7 cm³/mol. The molecule has 3 rings (SSSR count). The summed E-state index contributed by atoms with van der Waals surface area (Å²) in [6, 6.07) is 6.67. The molecule has 3 aromatic rings. The number of methoxy groups -OCH3 is 1. The van der Waals surface area contributed by atoms with Crippen molar-refractivity contribution in [3.8, 4) is 17.1 Å². The molecule has 102 valence electrons. The smallest absolute Gasteiger partial charge is 0.274 e. The molecule has 0 aliphatic rings. The molecule has 2 aromatic heterocycles. The molecule has 0 fully saturated rings. The first-order valence-electron chi connectivity index (χ1n) is 5.99. The molecule has 0 bridgehead atoms. The highest BCUT2D eigenvalue weighted by Crippen LogP contribution is 2.27. The van der Waals surface area contributed by atoms with E-state index < -0.39 is 0 Å². The number of hydrogen-bond acceptors (Lipinski definition) is 5. The zero-order valence-electron chi connectivity index (χ0n) is 11.0. The Hall–Kier alpha value is -2.83. The van der Waals surface area contributed by atoms with Crippen molar-refractivity contribution in [3.05, 3.63) is 40.3 Å². The van der Waals surface area contributed by atoms with Gasteiger partial charge in [-0.2, -0.15) is 9.50 Å². The number of nitrogens with one attached hydrogen (secondary N) is 1. The van der Waals surface area contributed by atoms with Crippen LogP contribution in [0.25, 0.3) is 17.2 Å². The highest BCUT2D eigenvalue weighted by Gasteiger charge is 2.11. The molecule has 0 saturated heterocycles. The quantitative estimate of drug-likeness (QED) is 0.677. The molecular weight excluding hydrogens is 258 g/mol. The van der Waals surface area contributed by atoms with Crippen molar-refractivity contribution in [2.75, 3.05) is 12.8 Å². The normalized spacial score (nSPS) is 10.9. The number of ether oxygens (including phenoxy) is 1. The van der Waals surface area contributed by atoms with E-state index >= 15 is 0 Å². The summed E-state index contributed by atoms with van der Waals surface area (Å²) in [4.78, 5) is 20.4. The lowest BCUT2D eigenvalue weighted by Gasteiger charge is -2.05. The molecule has 0 atom stereocenters. The number of nitrogen functional groups attached to an aromatic ring is 1. The van der Waals surface area contributed by atoms with Gasteiger partial charge in [0, 0.05) is 23.0 Å². The van der Waals surface area contributed by atoms with Gasteiger partial charge in [0.1, 0.15) is 5.75 Å². The number of fused-ring (bicyclic) bond motifs is 1. The molecule has 0 unspecified atom stereocenters. The Morgan fingerprint density at radius 2 is 2.10 bits per heavy atom. The molecule has 20 heavy (non-hydrogen) atoms. The summed E-state index contributed by atoms with van der Waals surface area (Å²) in [6.07, 6.45) is 0. The third-order valence-electron chi connectivity index (χ3n) is 2.97. The third-order valence-corrected chi connectivity index (χ3v) is 2.97. The number of anilines is 1. The number of aryl methyl sites for hydroxylation is 1. The van der Waals surface area contributed by atoms with Crippen LogP contribution in [0.4, 0.5) is 5.69 Å². The minimum absolute atomic E-state index is 0.215. The standard InChI is InChI=1S/C13H13N5O2/c1-7-5-11(19)18-13(15-7)16-12(17-18)9-6-8(20-2)3-4-10(9)14/h3-6H,14H2,1-2H3,(H,15,16,17). The molecule has 7 nitrogen and oxygen atoms in total. The first-order chi connectivity index (χ1) is 9.58.